The number of alkyl halides is 3. The molecular weight excluding hydrogens is 447 g/mol. The predicted octanol–water partition coefficient (Wildman–Crippen LogP) is 3.32. The maximum Gasteiger partial charge on any atom is 0.404 e. The first kappa shape index (κ1) is 21.5. The quantitative estimate of drug-likeness (QED) is 0.601. The lowest BCUT2D eigenvalue weighted by Gasteiger charge is -2.17. The molecule has 1 unspecified atom stereocenters. The van der Waals surface area contributed by atoms with Crippen molar-refractivity contribution >= 4 is 26.8 Å². The molecule has 12 heteroatoms. The molecule has 1 aliphatic rings. The summed E-state index contributed by atoms with van der Waals surface area (Å²) in [6.45, 7) is 0.694. The van der Waals surface area contributed by atoms with Crippen LogP contribution in [0, 0.1) is 11.3 Å². The van der Waals surface area contributed by atoms with Crippen molar-refractivity contribution in [2.75, 3.05) is 0 Å². The van der Waals surface area contributed by atoms with E-state index in [0.717, 1.165) is 12.3 Å². The van der Waals surface area contributed by atoms with Crippen molar-refractivity contribution in [3.63, 3.8) is 0 Å². The molecule has 0 saturated heterocycles. The second kappa shape index (κ2) is 7.47. The molecular formula is C20H14F3N5O3S. The molecule has 164 valence electrons. The third-order valence-corrected chi connectivity index (χ3v) is 6.34. The number of rotatable bonds is 5. The van der Waals surface area contributed by atoms with Gasteiger partial charge in [0.2, 0.25) is 10.0 Å². The Kier molecular flexibility index (Phi) is 5.03. The van der Waals surface area contributed by atoms with Crippen LogP contribution in [-0.2, 0) is 10.0 Å². The Morgan fingerprint density at radius 2 is 1.97 bits per heavy atom. The topological polar surface area (TPSA) is 121 Å². The first-order valence-electron chi connectivity index (χ1n) is 9.10. The Morgan fingerprint density at radius 1 is 1.25 bits per heavy atom. The minimum atomic E-state index is -4.74. The van der Waals surface area contributed by atoms with Crippen molar-refractivity contribution in [1.29, 1.82) is 5.26 Å². The summed E-state index contributed by atoms with van der Waals surface area (Å²) in [6, 6.07) is 3.55. The lowest BCUT2D eigenvalue weighted by Crippen LogP contribution is -2.42. The molecule has 0 bridgehead atoms. The molecule has 3 aromatic heterocycles. The molecule has 0 aliphatic heterocycles. The first-order valence-corrected chi connectivity index (χ1v) is 10.6. The highest BCUT2D eigenvalue weighted by atomic mass is 32.2. The highest BCUT2D eigenvalue weighted by molar-refractivity contribution is 7.89. The zero-order chi connectivity index (χ0) is 23.3. The molecule has 32 heavy (non-hydrogen) atoms. The third-order valence-electron chi connectivity index (χ3n) is 4.81. The molecule has 3 aromatic rings. The van der Waals surface area contributed by atoms with Crippen LogP contribution in [0.1, 0.15) is 12.5 Å². The highest BCUT2D eigenvalue weighted by Gasteiger charge is 2.39. The molecule has 8 nitrogen and oxygen atoms in total. The Balaban J connectivity index is 1.82. The van der Waals surface area contributed by atoms with E-state index in [2.05, 4.69) is 16.0 Å². The van der Waals surface area contributed by atoms with Crippen molar-refractivity contribution in [2.45, 2.75) is 24.0 Å². The van der Waals surface area contributed by atoms with E-state index >= 15 is 0 Å². The van der Waals surface area contributed by atoms with Gasteiger partial charge in [-0.1, -0.05) is 6.08 Å². The van der Waals surface area contributed by atoms with Gasteiger partial charge in [0.15, 0.2) is 0 Å². The van der Waals surface area contributed by atoms with E-state index in [1.807, 2.05) is 0 Å². The third kappa shape index (κ3) is 3.61. The first-order chi connectivity index (χ1) is 15.0. The number of nitrogens with one attached hydrogen (secondary N) is 1. The van der Waals surface area contributed by atoms with Crippen LogP contribution in [0.15, 0.2) is 53.7 Å². The molecule has 0 radical (unpaired) electrons. The monoisotopic (exact) mass is 461 g/mol. The zero-order valence-electron chi connectivity index (χ0n) is 16.3. The average molecular weight is 461 g/mol. The molecule has 3 heterocycles. The number of hydrogen-bond acceptors (Lipinski definition) is 6. The number of aromatic hydroxyl groups is 1. The molecule has 0 spiro atoms. The Morgan fingerprint density at radius 3 is 2.50 bits per heavy atom. The lowest BCUT2D eigenvalue weighted by molar-refractivity contribution is -0.147. The number of aromatic nitrogens is 3. The normalized spacial score (nSPS) is 14.7. The van der Waals surface area contributed by atoms with Crippen LogP contribution in [0.5, 0.6) is 5.75 Å². The van der Waals surface area contributed by atoms with Gasteiger partial charge in [-0.05, 0) is 37.3 Å². The van der Waals surface area contributed by atoms with Crippen LogP contribution in [0.2, 0.25) is 0 Å². The fraction of sp³-hybridized carbons (Fsp3) is 0.150. The van der Waals surface area contributed by atoms with Gasteiger partial charge in [0.25, 0.3) is 0 Å². The average Bonchev–Trinajstić information content (AvgIpc) is 2.99. The summed E-state index contributed by atoms with van der Waals surface area (Å²) in [4.78, 5) is 7.84. The highest BCUT2D eigenvalue weighted by Crippen LogP contribution is 2.37. The van der Waals surface area contributed by atoms with Gasteiger partial charge in [-0.25, -0.2) is 13.4 Å². The van der Waals surface area contributed by atoms with Crippen LogP contribution < -0.4 is 4.72 Å². The van der Waals surface area contributed by atoms with Crippen molar-refractivity contribution in [3.05, 3.63) is 54.4 Å². The number of pyridine rings is 2. The van der Waals surface area contributed by atoms with E-state index < -0.39 is 27.1 Å². The summed E-state index contributed by atoms with van der Waals surface area (Å²) >= 11 is 0. The largest absolute Gasteiger partial charge is 0.506 e. The maximum atomic E-state index is 12.7. The minimum absolute atomic E-state index is 0.143. The molecule has 0 aromatic carbocycles. The van der Waals surface area contributed by atoms with E-state index in [9.17, 15) is 32.0 Å². The van der Waals surface area contributed by atoms with Gasteiger partial charge in [-0.3, -0.25) is 9.55 Å². The molecule has 1 aliphatic carbocycles. The number of sulfonamides is 1. The van der Waals surface area contributed by atoms with Gasteiger partial charge in [0.1, 0.15) is 28.4 Å². The maximum absolute atomic E-state index is 12.7. The van der Waals surface area contributed by atoms with Gasteiger partial charge in [-0.15, -0.1) is 0 Å². The van der Waals surface area contributed by atoms with Gasteiger partial charge in [0.05, 0.1) is 23.1 Å². The van der Waals surface area contributed by atoms with E-state index in [1.165, 1.54) is 18.3 Å². The Bertz CT molecular complexity index is 1430. The molecule has 1 atom stereocenters. The van der Waals surface area contributed by atoms with E-state index in [4.69, 9.17) is 0 Å². The summed E-state index contributed by atoms with van der Waals surface area (Å²) in [5, 5.41) is 19.9. The summed E-state index contributed by atoms with van der Waals surface area (Å²) < 4.78 is 66.0. The smallest absolute Gasteiger partial charge is 0.404 e. The number of nitriles is 1. The number of fused-ring (bicyclic) bond motifs is 1. The van der Waals surface area contributed by atoms with Crippen LogP contribution in [0.4, 0.5) is 13.2 Å². The predicted molar refractivity (Wildman–Crippen MR) is 109 cm³/mol. The molecule has 2 N–H and O–H groups in total. The van der Waals surface area contributed by atoms with Crippen molar-refractivity contribution < 1.29 is 26.7 Å². The number of hydrogen-bond donors (Lipinski definition) is 2. The SMILES string of the molecule is CC(NS(=O)(=O)c1ccc(-c2c(C#N)c3cc(O)cnc3n2C2=CC=C2)nc1)C(F)(F)F. The summed E-state index contributed by atoms with van der Waals surface area (Å²) in [5.74, 6) is -0.143. The number of nitrogens with zero attached hydrogens (tertiary/aromatic N) is 4. The van der Waals surface area contributed by atoms with Crippen molar-refractivity contribution in [3.8, 4) is 23.2 Å². The van der Waals surface area contributed by atoms with E-state index in [-0.39, 0.29) is 17.0 Å². The van der Waals surface area contributed by atoms with Crippen LogP contribution in [0.3, 0.4) is 0 Å². The molecule has 4 rings (SSSR count). The summed E-state index contributed by atoms with van der Waals surface area (Å²) in [6.07, 6.45) is 2.70. The van der Waals surface area contributed by atoms with Gasteiger partial charge >= 0.3 is 6.18 Å². The Labute approximate surface area is 180 Å². The fourth-order valence-electron chi connectivity index (χ4n) is 3.14. The van der Waals surface area contributed by atoms with Crippen molar-refractivity contribution in [1.82, 2.24) is 19.3 Å². The van der Waals surface area contributed by atoms with E-state index in [1.54, 1.807) is 27.5 Å². The minimum Gasteiger partial charge on any atom is -0.506 e. The van der Waals surface area contributed by atoms with Crippen LogP contribution in [0.25, 0.3) is 28.1 Å². The number of halogens is 3. The second-order valence-electron chi connectivity index (χ2n) is 6.95. The van der Waals surface area contributed by atoms with Crippen LogP contribution in [-0.4, -0.2) is 40.3 Å². The molecule has 0 amide bonds. The fourth-order valence-corrected chi connectivity index (χ4v) is 4.31. The molecule has 0 saturated carbocycles. The standard InChI is InChI=1S/C20H14F3N5O3S/c1-11(20(21,22)23)27-32(30,31)14-5-6-17(25-10-14)18-16(8-24)15-7-13(29)9-26-19(15)28(18)12-3-2-4-12/h2-7,9-11,27,29H,1H3. The van der Waals surface area contributed by atoms with Gasteiger partial charge in [0, 0.05) is 17.3 Å². The lowest BCUT2D eigenvalue weighted by atomic mass is 10.1. The van der Waals surface area contributed by atoms with E-state index in [0.29, 0.717) is 29.3 Å². The Hall–Kier alpha value is -3.69. The van der Waals surface area contributed by atoms with Crippen molar-refractivity contribution in [2.24, 2.45) is 0 Å². The summed E-state index contributed by atoms with van der Waals surface area (Å²) in [7, 11) is -4.48. The second-order valence-corrected chi connectivity index (χ2v) is 8.66. The zero-order valence-corrected chi connectivity index (χ0v) is 17.1. The van der Waals surface area contributed by atoms with Crippen LogP contribution >= 0.6 is 0 Å². The summed E-state index contributed by atoms with van der Waals surface area (Å²) in [5.41, 5.74) is 1.71. The molecule has 0 fully saturated rings. The van der Waals surface area contributed by atoms with Gasteiger partial charge < -0.3 is 5.11 Å². The number of allylic oxidation sites excluding steroid dienone is 4. The van der Waals surface area contributed by atoms with Gasteiger partial charge in [-0.2, -0.15) is 23.2 Å².